The lowest BCUT2D eigenvalue weighted by Crippen LogP contribution is -2.53. The third kappa shape index (κ3) is 6.92. The van der Waals surface area contributed by atoms with Crippen molar-refractivity contribution < 1.29 is 27.7 Å². The summed E-state index contributed by atoms with van der Waals surface area (Å²) in [6.07, 6.45) is 4.21. The van der Waals surface area contributed by atoms with Crippen molar-refractivity contribution in [1.29, 1.82) is 5.26 Å². The molecule has 0 radical (unpaired) electrons. The van der Waals surface area contributed by atoms with Gasteiger partial charge in [0.05, 0.1) is 23.1 Å². The first-order chi connectivity index (χ1) is 20.6. The number of nitrogens with zero attached hydrogens (tertiary/aromatic N) is 2. The van der Waals surface area contributed by atoms with Crippen LogP contribution in [-0.4, -0.2) is 49.4 Å². The number of hydrogen-bond acceptors (Lipinski definition) is 8. The first-order valence-electron chi connectivity index (χ1n) is 14.0. The maximum absolute atomic E-state index is 14.2. The molecule has 0 aromatic heterocycles. The van der Waals surface area contributed by atoms with Crippen molar-refractivity contribution >= 4 is 10.0 Å². The topological polar surface area (TPSA) is 135 Å². The van der Waals surface area contributed by atoms with Crippen molar-refractivity contribution in [3.05, 3.63) is 108 Å². The molecule has 224 valence electrons. The van der Waals surface area contributed by atoms with E-state index in [4.69, 9.17) is 19.9 Å². The predicted molar refractivity (Wildman–Crippen MR) is 162 cm³/mol. The Morgan fingerprint density at radius 2 is 1.79 bits per heavy atom. The molecule has 0 bridgehead atoms. The SMILES string of the molecule is CC1(C)C=CC(C#N)=CC1N(C[C@@H](O)[C@@H](N)Cc1ccc(OCc2ccccc2)cc1)S(=O)(=O)c1ccc2c(c1)OCO2. The molecule has 1 aliphatic carbocycles. The van der Waals surface area contributed by atoms with Gasteiger partial charge in [0.2, 0.25) is 16.8 Å². The van der Waals surface area contributed by atoms with Gasteiger partial charge in [0, 0.05) is 29.6 Å². The fourth-order valence-electron chi connectivity index (χ4n) is 5.10. The summed E-state index contributed by atoms with van der Waals surface area (Å²) in [4.78, 5) is -0.0131. The molecular formula is C33H35N3O6S. The van der Waals surface area contributed by atoms with Crippen LogP contribution in [0.25, 0.3) is 0 Å². The van der Waals surface area contributed by atoms with Crippen LogP contribution in [0.3, 0.4) is 0 Å². The van der Waals surface area contributed by atoms with Crippen LogP contribution in [0.4, 0.5) is 0 Å². The molecule has 9 nitrogen and oxygen atoms in total. The lowest BCUT2D eigenvalue weighted by Gasteiger charge is -2.41. The first-order valence-corrected chi connectivity index (χ1v) is 15.4. The Balaban J connectivity index is 1.34. The van der Waals surface area contributed by atoms with Gasteiger partial charge in [-0.15, -0.1) is 0 Å². The van der Waals surface area contributed by atoms with Gasteiger partial charge in [-0.2, -0.15) is 9.57 Å². The third-order valence-corrected chi connectivity index (χ3v) is 9.53. The predicted octanol–water partition coefficient (Wildman–Crippen LogP) is 4.33. The zero-order chi connectivity index (χ0) is 30.6. The highest BCUT2D eigenvalue weighted by atomic mass is 32.2. The van der Waals surface area contributed by atoms with Gasteiger partial charge in [-0.25, -0.2) is 8.42 Å². The molecule has 3 aromatic rings. The van der Waals surface area contributed by atoms with E-state index in [0.717, 1.165) is 11.1 Å². The minimum atomic E-state index is -4.18. The van der Waals surface area contributed by atoms with Crippen LogP contribution < -0.4 is 19.9 Å². The van der Waals surface area contributed by atoms with Gasteiger partial charge in [0.1, 0.15) is 12.4 Å². The molecule has 0 amide bonds. The van der Waals surface area contributed by atoms with E-state index in [1.165, 1.54) is 16.4 Å². The molecule has 0 fully saturated rings. The van der Waals surface area contributed by atoms with E-state index in [1.807, 2.05) is 74.5 Å². The Bertz CT molecular complexity index is 1650. The number of benzene rings is 3. The summed E-state index contributed by atoms with van der Waals surface area (Å²) in [5, 5.41) is 20.9. The molecule has 2 aliphatic rings. The second-order valence-corrected chi connectivity index (χ2v) is 13.2. The summed E-state index contributed by atoms with van der Waals surface area (Å²) in [5.41, 5.74) is 8.05. The van der Waals surface area contributed by atoms with Gasteiger partial charge < -0.3 is 25.1 Å². The second kappa shape index (κ2) is 12.6. The van der Waals surface area contributed by atoms with E-state index in [0.29, 0.717) is 35.8 Å². The highest BCUT2D eigenvalue weighted by Gasteiger charge is 2.42. The minimum absolute atomic E-state index is 0.00493. The smallest absolute Gasteiger partial charge is 0.243 e. The standard InChI is InChI=1S/C33H35N3O6S/c1-33(2)15-14-25(19-34)17-32(33)36(43(38,39)27-12-13-30-31(18-27)42-22-41-30)20-29(37)28(35)16-23-8-10-26(11-9-23)40-21-24-6-4-3-5-7-24/h3-15,17-18,28-29,32,37H,16,20-22,35H2,1-2H3/t28-,29+,32?/m0/s1. The Morgan fingerprint density at radius 1 is 1.07 bits per heavy atom. The lowest BCUT2D eigenvalue weighted by molar-refractivity contribution is 0.0992. The average Bonchev–Trinajstić information content (AvgIpc) is 3.48. The minimum Gasteiger partial charge on any atom is -0.489 e. The van der Waals surface area contributed by atoms with Crippen LogP contribution in [0.15, 0.2) is 101 Å². The van der Waals surface area contributed by atoms with Crippen LogP contribution in [0.1, 0.15) is 25.0 Å². The van der Waals surface area contributed by atoms with E-state index in [-0.39, 0.29) is 18.2 Å². The average molecular weight is 602 g/mol. The Labute approximate surface area is 252 Å². The van der Waals surface area contributed by atoms with Crippen molar-refractivity contribution in [2.24, 2.45) is 11.1 Å². The zero-order valence-electron chi connectivity index (χ0n) is 24.1. The molecule has 5 rings (SSSR count). The van der Waals surface area contributed by atoms with Gasteiger partial charge in [0.25, 0.3) is 0 Å². The number of nitrogens with two attached hydrogens (primary N) is 1. The molecule has 1 aliphatic heterocycles. The number of sulfonamides is 1. The van der Waals surface area contributed by atoms with E-state index >= 15 is 0 Å². The van der Waals surface area contributed by atoms with E-state index in [2.05, 4.69) is 6.07 Å². The van der Waals surface area contributed by atoms with E-state index < -0.39 is 33.6 Å². The molecule has 3 aromatic carbocycles. The molecule has 3 N–H and O–H groups in total. The Morgan fingerprint density at radius 3 is 2.51 bits per heavy atom. The Hall–Kier alpha value is -4.14. The Kier molecular flexibility index (Phi) is 8.89. The summed E-state index contributed by atoms with van der Waals surface area (Å²) < 4.78 is 46.2. The number of allylic oxidation sites excluding steroid dienone is 2. The molecule has 0 saturated heterocycles. The summed E-state index contributed by atoms with van der Waals surface area (Å²) in [7, 11) is -4.18. The fraction of sp³-hybridized carbons (Fsp3) is 0.303. The van der Waals surface area contributed by atoms with Crippen molar-refractivity contribution in [2.75, 3.05) is 13.3 Å². The zero-order valence-corrected chi connectivity index (χ0v) is 24.9. The van der Waals surface area contributed by atoms with E-state index in [9.17, 15) is 18.8 Å². The maximum atomic E-state index is 14.2. The highest BCUT2D eigenvalue weighted by molar-refractivity contribution is 7.89. The van der Waals surface area contributed by atoms with E-state index in [1.54, 1.807) is 18.2 Å². The highest BCUT2D eigenvalue weighted by Crippen LogP contribution is 2.39. The van der Waals surface area contributed by atoms with Crippen LogP contribution in [0.5, 0.6) is 17.2 Å². The van der Waals surface area contributed by atoms with Crippen LogP contribution in [-0.2, 0) is 23.1 Å². The summed E-state index contributed by atoms with van der Waals surface area (Å²) >= 11 is 0. The number of fused-ring (bicyclic) bond motifs is 1. The number of aliphatic hydroxyl groups excluding tert-OH is 1. The number of aliphatic hydroxyl groups is 1. The second-order valence-electron chi connectivity index (χ2n) is 11.3. The van der Waals surface area contributed by atoms with Crippen LogP contribution in [0, 0.1) is 16.7 Å². The van der Waals surface area contributed by atoms with Gasteiger partial charge in [0.15, 0.2) is 11.5 Å². The third-order valence-electron chi connectivity index (χ3n) is 7.69. The molecule has 10 heteroatoms. The number of ether oxygens (including phenoxy) is 3. The van der Waals surface area contributed by atoms with Crippen molar-refractivity contribution in [3.63, 3.8) is 0 Å². The fourth-order valence-corrected chi connectivity index (χ4v) is 6.84. The van der Waals surface area contributed by atoms with Crippen molar-refractivity contribution in [1.82, 2.24) is 4.31 Å². The van der Waals surface area contributed by atoms with Crippen molar-refractivity contribution in [3.8, 4) is 23.3 Å². The molecule has 0 saturated carbocycles. The summed E-state index contributed by atoms with van der Waals surface area (Å²) in [6.45, 7) is 3.93. The molecule has 43 heavy (non-hydrogen) atoms. The molecular weight excluding hydrogens is 566 g/mol. The van der Waals surface area contributed by atoms with Crippen LogP contribution >= 0.6 is 0 Å². The first kappa shape index (κ1) is 30.3. The van der Waals surface area contributed by atoms with Crippen LogP contribution in [0.2, 0.25) is 0 Å². The van der Waals surface area contributed by atoms with Crippen molar-refractivity contribution in [2.45, 2.75) is 50.0 Å². The molecule has 0 spiro atoms. The van der Waals surface area contributed by atoms with Gasteiger partial charge in [-0.3, -0.25) is 0 Å². The summed E-state index contributed by atoms with van der Waals surface area (Å²) in [5.74, 6) is 1.48. The normalized spacial score (nSPS) is 18.5. The van der Waals surface area contributed by atoms with Gasteiger partial charge in [-0.1, -0.05) is 62.4 Å². The molecule has 1 unspecified atom stereocenters. The molecule has 1 heterocycles. The monoisotopic (exact) mass is 601 g/mol. The largest absolute Gasteiger partial charge is 0.489 e. The quantitative estimate of drug-likeness (QED) is 0.332. The maximum Gasteiger partial charge on any atom is 0.243 e. The number of nitriles is 1. The summed E-state index contributed by atoms with van der Waals surface area (Å²) in [6, 6.07) is 22.3. The number of rotatable bonds is 11. The lowest BCUT2D eigenvalue weighted by atomic mass is 9.79. The van der Waals surface area contributed by atoms with Gasteiger partial charge >= 0.3 is 0 Å². The van der Waals surface area contributed by atoms with Gasteiger partial charge in [-0.05, 0) is 54.0 Å². The molecule has 3 atom stereocenters. The number of hydrogen-bond donors (Lipinski definition) is 2.